The highest BCUT2D eigenvalue weighted by Gasteiger charge is 2.18. The van der Waals surface area contributed by atoms with Crippen molar-refractivity contribution in [2.24, 2.45) is 10.8 Å². The van der Waals surface area contributed by atoms with Gasteiger partial charge in [0, 0.05) is 18.5 Å². The predicted octanol–water partition coefficient (Wildman–Crippen LogP) is 1.05. The van der Waals surface area contributed by atoms with Crippen LogP contribution in [-0.2, 0) is 0 Å². The molecule has 0 fully saturated rings. The van der Waals surface area contributed by atoms with Crippen LogP contribution in [0.5, 0.6) is 5.75 Å². The second-order valence-electron chi connectivity index (χ2n) is 3.59. The fourth-order valence-electron chi connectivity index (χ4n) is 1.80. The van der Waals surface area contributed by atoms with Gasteiger partial charge in [0.2, 0.25) is 0 Å². The SMILES string of the molecule is COc1cccc2c1NCCC2=NNC(N)=S. The third-order valence-electron chi connectivity index (χ3n) is 2.52. The highest BCUT2D eigenvalue weighted by Crippen LogP contribution is 2.31. The smallest absolute Gasteiger partial charge is 0.184 e. The van der Waals surface area contributed by atoms with Crippen LogP contribution >= 0.6 is 12.2 Å². The van der Waals surface area contributed by atoms with Gasteiger partial charge in [-0.1, -0.05) is 12.1 Å². The van der Waals surface area contributed by atoms with Gasteiger partial charge < -0.3 is 15.8 Å². The summed E-state index contributed by atoms with van der Waals surface area (Å²) in [4.78, 5) is 0. The molecule has 1 aliphatic heterocycles. The zero-order chi connectivity index (χ0) is 12.3. The fraction of sp³-hybridized carbons (Fsp3) is 0.273. The van der Waals surface area contributed by atoms with E-state index in [0.717, 1.165) is 35.7 Å². The lowest BCUT2D eigenvalue weighted by Gasteiger charge is -2.21. The van der Waals surface area contributed by atoms with E-state index in [2.05, 4.69) is 15.8 Å². The number of rotatable bonds is 2. The van der Waals surface area contributed by atoms with E-state index < -0.39 is 0 Å². The zero-order valence-electron chi connectivity index (χ0n) is 9.49. The average molecular weight is 250 g/mol. The molecule has 0 aliphatic carbocycles. The molecule has 0 aromatic heterocycles. The molecule has 17 heavy (non-hydrogen) atoms. The first-order chi connectivity index (χ1) is 8.22. The van der Waals surface area contributed by atoms with Crippen LogP contribution in [0.2, 0.25) is 0 Å². The first-order valence-corrected chi connectivity index (χ1v) is 5.66. The number of benzene rings is 1. The molecule has 0 bridgehead atoms. The first kappa shape index (κ1) is 11.7. The minimum atomic E-state index is 0.167. The van der Waals surface area contributed by atoms with Gasteiger partial charge in [-0.2, -0.15) is 5.10 Å². The van der Waals surface area contributed by atoms with Crippen molar-refractivity contribution in [3.05, 3.63) is 23.8 Å². The van der Waals surface area contributed by atoms with Gasteiger partial charge in [-0.25, -0.2) is 0 Å². The summed E-state index contributed by atoms with van der Waals surface area (Å²) >= 11 is 4.73. The maximum absolute atomic E-state index is 5.36. The average Bonchev–Trinajstić information content (AvgIpc) is 2.35. The summed E-state index contributed by atoms with van der Waals surface area (Å²) in [6.45, 7) is 0.811. The van der Waals surface area contributed by atoms with Crippen LogP contribution in [-0.4, -0.2) is 24.5 Å². The number of ether oxygens (including phenoxy) is 1. The number of para-hydroxylation sites is 1. The molecule has 0 spiro atoms. The van der Waals surface area contributed by atoms with Crippen molar-refractivity contribution in [2.45, 2.75) is 6.42 Å². The van der Waals surface area contributed by atoms with Crippen molar-refractivity contribution in [3.63, 3.8) is 0 Å². The highest BCUT2D eigenvalue weighted by atomic mass is 32.1. The molecule has 1 aromatic carbocycles. The molecule has 5 nitrogen and oxygen atoms in total. The summed E-state index contributed by atoms with van der Waals surface area (Å²) < 4.78 is 5.30. The number of methoxy groups -OCH3 is 1. The van der Waals surface area contributed by atoms with Crippen LogP contribution in [0.25, 0.3) is 0 Å². The molecule has 1 aliphatic rings. The van der Waals surface area contributed by atoms with E-state index in [9.17, 15) is 0 Å². The number of nitrogens with one attached hydrogen (secondary N) is 2. The predicted molar refractivity (Wildman–Crippen MR) is 72.6 cm³/mol. The number of hydrogen-bond donors (Lipinski definition) is 3. The van der Waals surface area contributed by atoms with Gasteiger partial charge in [0.15, 0.2) is 5.11 Å². The molecule has 4 N–H and O–H groups in total. The molecule has 0 saturated carbocycles. The third-order valence-corrected chi connectivity index (χ3v) is 2.61. The third kappa shape index (κ3) is 2.47. The lowest BCUT2D eigenvalue weighted by atomic mass is 10.0. The fourth-order valence-corrected chi connectivity index (χ4v) is 1.85. The number of nitrogens with zero attached hydrogens (tertiary/aromatic N) is 1. The van der Waals surface area contributed by atoms with Crippen LogP contribution in [0, 0.1) is 0 Å². The Bertz CT molecular complexity index is 473. The van der Waals surface area contributed by atoms with Crippen molar-refractivity contribution in [3.8, 4) is 5.75 Å². The Hall–Kier alpha value is -1.82. The Morgan fingerprint density at radius 3 is 3.12 bits per heavy atom. The normalized spacial score (nSPS) is 15.9. The lowest BCUT2D eigenvalue weighted by molar-refractivity contribution is 0.416. The largest absolute Gasteiger partial charge is 0.495 e. The molecule has 2 rings (SSSR count). The summed E-state index contributed by atoms with van der Waals surface area (Å²) in [5.41, 5.74) is 10.9. The van der Waals surface area contributed by atoms with Crippen LogP contribution in [0.3, 0.4) is 0 Å². The van der Waals surface area contributed by atoms with E-state index in [1.807, 2.05) is 18.2 Å². The number of anilines is 1. The molecular formula is C11H14N4OS. The van der Waals surface area contributed by atoms with Crippen LogP contribution in [0.4, 0.5) is 5.69 Å². The molecule has 1 aromatic rings. The number of fused-ring (bicyclic) bond motifs is 1. The monoisotopic (exact) mass is 250 g/mol. The molecule has 6 heteroatoms. The Kier molecular flexibility index (Phi) is 3.43. The second-order valence-corrected chi connectivity index (χ2v) is 4.03. The van der Waals surface area contributed by atoms with E-state index in [1.165, 1.54) is 0 Å². The van der Waals surface area contributed by atoms with Crippen LogP contribution in [0.1, 0.15) is 12.0 Å². The molecule has 0 unspecified atom stereocenters. The summed E-state index contributed by atoms with van der Waals surface area (Å²) in [5.74, 6) is 0.810. The second kappa shape index (κ2) is 5.01. The first-order valence-electron chi connectivity index (χ1n) is 5.25. The van der Waals surface area contributed by atoms with Crippen LogP contribution in [0.15, 0.2) is 23.3 Å². The van der Waals surface area contributed by atoms with Gasteiger partial charge in [0.1, 0.15) is 5.75 Å². The maximum Gasteiger partial charge on any atom is 0.184 e. The van der Waals surface area contributed by atoms with Crippen molar-refractivity contribution in [1.82, 2.24) is 5.43 Å². The number of nitrogens with two attached hydrogens (primary N) is 1. The Morgan fingerprint density at radius 2 is 2.41 bits per heavy atom. The van der Waals surface area contributed by atoms with Gasteiger partial charge in [-0.15, -0.1) is 0 Å². The molecule has 90 valence electrons. The topological polar surface area (TPSA) is 71.7 Å². The van der Waals surface area contributed by atoms with Gasteiger partial charge >= 0.3 is 0 Å². The van der Waals surface area contributed by atoms with E-state index in [1.54, 1.807) is 7.11 Å². The van der Waals surface area contributed by atoms with E-state index in [4.69, 9.17) is 22.7 Å². The van der Waals surface area contributed by atoms with E-state index >= 15 is 0 Å². The number of thiocarbonyl (C=S) groups is 1. The minimum absolute atomic E-state index is 0.167. The quantitative estimate of drug-likeness (QED) is 0.540. The Balaban J connectivity index is 2.38. The molecule has 1 heterocycles. The maximum atomic E-state index is 5.36. The van der Waals surface area contributed by atoms with Crippen molar-refractivity contribution < 1.29 is 4.74 Å². The summed E-state index contributed by atoms with van der Waals surface area (Å²) in [6.07, 6.45) is 0.815. The van der Waals surface area contributed by atoms with Gasteiger partial charge in [0.05, 0.1) is 18.5 Å². The summed E-state index contributed by atoms with van der Waals surface area (Å²) in [6, 6.07) is 5.83. The number of hydrogen-bond acceptors (Lipinski definition) is 4. The molecule has 0 amide bonds. The van der Waals surface area contributed by atoms with Crippen LogP contribution < -0.4 is 21.2 Å². The molecule has 0 atom stereocenters. The van der Waals surface area contributed by atoms with Gasteiger partial charge in [-0.05, 0) is 18.3 Å². The lowest BCUT2D eigenvalue weighted by Crippen LogP contribution is -2.28. The molecule has 0 radical (unpaired) electrons. The van der Waals surface area contributed by atoms with Gasteiger partial charge in [0.25, 0.3) is 0 Å². The summed E-state index contributed by atoms with van der Waals surface area (Å²) in [5, 5.41) is 7.67. The van der Waals surface area contributed by atoms with Crippen molar-refractivity contribution in [1.29, 1.82) is 0 Å². The van der Waals surface area contributed by atoms with Crippen molar-refractivity contribution >= 4 is 28.7 Å². The summed E-state index contributed by atoms with van der Waals surface area (Å²) in [7, 11) is 1.65. The Labute approximate surface area is 105 Å². The molecular weight excluding hydrogens is 236 g/mol. The van der Waals surface area contributed by atoms with Crippen molar-refractivity contribution in [2.75, 3.05) is 19.0 Å². The highest BCUT2D eigenvalue weighted by molar-refractivity contribution is 7.80. The standard InChI is InChI=1S/C11H14N4OS/c1-16-9-4-2-3-7-8(14-15-11(12)17)5-6-13-10(7)9/h2-4,13H,5-6H2,1H3,(H3,12,15,17). The van der Waals surface area contributed by atoms with E-state index in [-0.39, 0.29) is 5.11 Å². The van der Waals surface area contributed by atoms with E-state index in [0.29, 0.717) is 0 Å². The molecule has 0 saturated heterocycles. The Morgan fingerprint density at radius 1 is 1.59 bits per heavy atom. The van der Waals surface area contributed by atoms with Gasteiger partial charge in [-0.3, -0.25) is 5.43 Å². The number of hydrazone groups is 1. The minimum Gasteiger partial charge on any atom is -0.495 e. The zero-order valence-corrected chi connectivity index (χ0v) is 10.3.